The van der Waals surface area contributed by atoms with Crippen molar-refractivity contribution in [1.29, 1.82) is 0 Å². The summed E-state index contributed by atoms with van der Waals surface area (Å²) in [6.45, 7) is 2.93. The van der Waals surface area contributed by atoms with E-state index in [0.717, 1.165) is 24.6 Å². The van der Waals surface area contributed by atoms with E-state index < -0.39 is 16.7 Å². The number of thiophene rings is 1. The van der Waals surface area contributed by atoms with Crippen LogP contribution in [0.1, 0.15) is 40.0 Å². The fourth-order valence-corrected chi connectivity index (χ4v) is 4.84. The van der Waals surface area contributed by atoms with E-state index in [2.05, 4.69) is 15.0 Å². The molecule has 0 radical (unpaired) electrons. The van der Waals surface area contributed by atoms with Crippen molar-refractivity contribution in [3.05, 3.63) is 61.0 Å². The second-order valence-corrected chi connectivity index (χ2v) is 9.27. The maximum Gasteiger partial charge on any atom is 0.425 e. The topological polar surface area (TPSA) is 73.1 Å². The Bertz CT molecular complexity index is 1210. The predicted octanol–water partition coefficient (Wildman–Crippen LogP) is 4.52. The lowest BCUT2D eigenvalue weighted by Crippen LogP contribution is -2.37. The molecule has 1 aliphatic rings. The zero-order chi connectivity index (χ0) is 23.8. The molecule has 0 unspecified atom stereocenters. The molecular formula is C21H21ClF3N5O2S. The van der Waals surface area contributed by atoms with Crippen LogP contribution in [0.25, 0.3) is 0 Å². The molecule has 0 amide bonds. The van der Waals surface area contributed by atoms with E-state index in [9.17, 15) is 18.0 Å². The molecule has 0 spiro atoms. The van der Waals surface area contributed by atoms with Crippen molar-refractivity contribution >= 4 is 28.9 Å². The number of ether oxygens (including phenoxy) is 1. The fraction of sp³-hybridized carbons (Fsp3) is 0.429. The Morgan fingerprint density at radius 3 is 2.48 bits per heavy atom. The number of piperidine rings is 1. The number of hydrogen-bond donors (Lipinski definition) is 0. The van der Waals surface area contributed by atoms with Gasteiger partial charge >= 0.3 is 11.9 Å². The van der Waals surface area contributed by atoms with Crippen LogP contribution in [0.5, 0.6) is 5.88 Å². The molecule has 4 rings (SSSR count). The van der Waals surface area contributed by atoms with Gasteiger partial charge in [-0.05, 0) is 44.0 Å². The molecule has 0 bridgehead atoms. The Balaban J connectivity index is 1.45. The van der Waals surface area contributed by atoms with Gasteiger partial charge in [0, 0.05) is 29.6 Å². The molecule has 33 heavy (non-hydrogen) atoms. The number of pyridine rings is 1. The number of aryl methyl sites for hydroxylation is 1. The van der Waals surface area contributed by atoms with E-state index in [4.69, 9.17) is 16.3 Å². The molecule has 7 nitrogen and oxygen atoms in total. The molecule has 0 N–H and O–H groups in total. The summed E-state index contributed by atoms with van der Waals surface area (Å²) in [6, 6.07) is 6.05. The third kappa shape index (κ3) is 5.14. The van der Waals surface area contributed by atoms with Gasteiger partial charge in [0.25, 0.3) is 0 Å². The van der Waals surface area contributed by atoms with Gasteiger partial charge in [-0.3, -0.25) is 4.57 Å². The zero-order valence-corrected chi connectivity index (χ0v) is 19.5. The van der Waals surface area contributed by atoms with Crippen LogP contribution in [0, 0.1) is 6.92 Å². The van der Waals surface area contributed by atoms with Gasteiger partial charge in [-0.1, -0.05) is 11.6 Å². The first kappa shape index (κ1) is 23.5. The third-order valence-electron chi connectivity index (χ3n) is 5.56. The van der Waals surface area contributed by atoms with Gasteiger partial charge in [0.1, 0.15) is 15.7 Å². The number of nitrogens with zero attached hydrogens (tertiary/aromatic N) is 5. The summed E-state index contributed by atoms with van der Waals surface area (Å²) in [5.41, 5.74) is 0.364. The molecule has 0 aromatic carbocycles. The SMILES string of the molecule is COc1nc(C2CCN(c3nc(C)n(Cc4ccc(C(F)(F)F)s4)c(=O)n3)CC2)ccc1Cl. The Morgan fingerprint density at radius 1 is 1.15 bits per heavy atom. The molecule has 12 heteroatoms. The quantitative estimate of drug-likeness (QED) is 0.514. The van der Waals surface area contributed by atoms with Crippen LogP contribution in [0.3, 0.4) is 0 Å². The summed E-state index contributed by atoms with van der Waals surface area (Å²) >= 11 is 6.67. The lowest BCUT2D eigenvalue weighted by Gasteiger charge is -2.32. The molecule has 1 saturated heterocycles. The van der Waals surface area contributed by atoms with Gasteiger partial charge in [0.2, 0.25) is 11.8 Å². The first-order valence-corrected chi connectivity index (χ1v) is 11.4. The average molecular weight is 500 g/mol. The van der Waals surface area contributed by atoms with Crippen LogP contribution >= 0.6 is 22.9 Å². The van der Waals surface area contributed by atoms with Crippen LogP contribution in [-0.2, 0) is 12.7 Å². The lowest BCUT2D eigenvalue weighted by molar-refractivity contribution is -0.134. The molecule has 4 heterocycles. The maximum atomic E-state index is 12.8. The second kappa shape index (κ2) is 9.30. The van der Waals surface area contributed by atoms with Crippen LogP contribution in [0.2, 0.25) is 5.02 Å². The van der Waals surface area contributed by atoms with Crippen LogP contribution in [0.4, 0.5) is 19.1 Å². The molecule has 176 valence electrons. The number of halogens is 4. The third-order valence-corrected chi connectivity index (χ3v) is 6.96. The van der Waals surface area contributed by atoms with Crippen LogP contribution in [0.15, 0.2) is 29.1 Å². The highest BCUT2D eigenvalue weighted by Gasteiger charge is 2.32. The van der Waals surface area contributed by atoms with E-state index in [0.29, 0.717) is 52.0 Å². The average Bonchev–Trinajstić information content (AvgIpc) is 3.26. The molecule has 0 saturated carbocycles. The van der Waals surface area contributed by atoms with Crippen molar-refractivity contribution in [2.45, 2.75) is 38.4 Å². The summed E-state index contributed by atoms with van der Waals surface area (Å²) in [7, 11) is 1.52. The summed E-state index contributed by atoms with van der Waals surface area (Å²) < 4.78 is 45.0. The molecule has 3 aromatic rings. The second-order valence-electron chi connectivity index (χ2n) is 7.69. The van der Waals surface area contributed by atoms with Crippen LogP contribution < -0.4 is 15.3 Å². The van der Waals surface area contributed by atoms with Crippen molar-refractivity contribution in [3.63, 3.8) is 0 Å². The van der Waals surface area contributed by atoms with E-state index >= 15 is 0 Å². The minimum atomic E-state index is -4.40. The van der Waals surface area contributed by atoms with Crippen molar-refractivity contribution in [2.75, 3.05) is 25.1 Å². The first-order valence-electron chi connectivity index (χ1n) is 10.2. The summed E-state index contributed by atoms with van der Waals surface area (Å²) in [6.07, 6.45) is -2.82. The van der Waals surface area contributed by atoms with Crippen molar-refractivity contribution < 1.29 is 17.9 Å². The van der Waals surface area contributed by atoms with Gasteiger partial charge in [-0.2, -0.15) is 23.1 Å². The zero-order valence-electron chi connectivity index (χ0n) is 17.9. The van der Waals surface area contributed by atoms with E-state index in [1.54, 1.807) is 13.0 Å². The molecule has 0 atom stereocenters. The minimum absolute atomic E-state index is 0.00215. The van der Waals surface area contributed by atoms with Gasteiger partial charge in [-0.25, -0.2) is 9.78 Å². The van der Waals surface area contributed by atoms with E-state index in [1.165, 1.54) is 17.7 Å². The molecule has 1 aliphatic heterocycles. The fourth-order valence-electron chi connectivity index (χ4n) is 3.79. The van der Waals surface area contributed by atoms with E-state index in [-0.39, 0.29) is 12.5 Å². The molecule has 3 aromatic heterocycles. The normalized spacial score (nSPS) is 15.2. The number of alkyl halides is 3. The van der Waals surface area contributed by atoms with Crippen molar-refractivity contribution in [1.82, 2.24) is 19.5 Å². The number of hydrogen-bond acceptors (Lipinski definition) is 7. The monoisotopic (exact) mass is 499 g/mol. The lowest BCUT2D eigenvalue weighted by atomic mass is 9.93. The summed E-state index contributed by atoms with van der Waals surface area (Å²) in [5, 5.41) is 0.459. The Labute approximate surface area is 196 Å². The molecule has 0 aliphatic carbocycles. The predicted molar refractivity (Wildman–Crippen MR) is 119 cm³/mol. The van der Waals surface area contributed by atoms with Crippen molar-refractivity contribution in [2.24, 2.45) is 0 Å². The van der Waals surface area contributed by atoms with Crippen LogP contribution in [-0.4, -0.2) is 39.7 Å². The number of anilines is 1. The number of aromatic nitrogens is 4. The van der Waals surface area contributed by atoms with Crippen molar-refractivity contribution in [3.8, 4) is 5.88 Å². The Kier molecular flexibility index (Phi) is 6.62. The van der Waals surface area contributed by atoms with Gasteiger partial charge in [0.05, 0.1) is 13.7 Å². The van der Waals surface area contributed by atoms with Gasteiger partial charge in [0.15, 0.2) is 0 Å². The first-order chi connectivity index (χ1) is 15.7. The number of methoxy groups -OCH3 is 1. The highest BCUT2D eigenvalue weighted by molar-refractivity contribution is 7.12. The highest BCUT2D eigenvalue weighted by atomic mass is 35.5. The summed E-state index contributed by atoms with van der Waals surface area (Å²) in [4.78, 5) is 27.3. The van der Waals surface area contributed by atoms with E-state index in [1.807, 2.05) is 11.0 Å². The Hall–Kier alpha value is -2.66. The Morgan fingerprint density at radius 2 is 1.88 bits per heavy atom. The summed E-state index contributed by atoms with van der Waals surface area (Å²) in [5.74, 6) is 1.34. The molecular weight excluding hydrogens is 479 g/mol. The van der Waals surface area contributed by atoms with Gasteiger partial charge in [-0.15, -0.1) is 11.3 Å². The molecule has 1 fully saturated rings. The maximum absolute atomic E-state index is 12.8. The standard InChI is InChI=1S/C21H21ClF3N5O2S/c1-12-26-19(28-20(31)30(12)11-14-3-6-17(33-14)21(23,24)25)29-9-7-13(8-10-29)16-5-4-15(22)18(27-16)32-2/h3-6,13H,7-11H2,1-2H3. The highest BCUT2D eigenvalue weighted by Crippen LogP contribution is 2.35. The smallest absolute Gasteiger partial charge is 0.425 e. The van der Waals surface area contributed by atoms with Gasteiger partial charge < -0.3 is 9.64 Å². The number of rotatable bonds is 5. The largest absolute Gasteiger partial charge is 0.480 e. The minimum Gasteiger partial charge on any atom is -0.480 e.